The molecule has 0 saturated heterocycles. The number of nitrogens with zero attached hydrogens (tertiary/aromatic N) is 1. The molecule has 0 aliphatic heterocycles. The zero-order valence-electron chi connectivity index (χ0n) is 11.9. The summed E-state index contributed by atoms with van der Waals surface area (Å²) < 4.78 is 0. The van der Waals surface area contributed by atoms with E-state index in [0.717, 1.165) is 5.57 Å². The molecule has 0 heterocycles. The van der Waals surface area contributed by atoms with Gasteiger partial charge in [-0.2, -0.15) is 0 Å². The van der Waals surface area contributed by atoms with Crippen molar-refractivity contribution in [2.45, 2.75) is 19.4 Å². The number of thiocarbonyl (C=S) groups is 1. The lowest BCUT2D eigenvalue weighted by atomic mass is 9.92. The number of carbonyl (C=O) groups is 1. The van der Waals surface area contributed by atoms with Crippen LogP contribution in [0.1, 0.15) is 24.2 Å². The van der Waals surface area contributed by atoms with E-state index in [4.69, 9.17) is 12.2 Å². The molecule has 0 radical (unpaired) electrons. The molecule has 1 rings (SSSR count). The average molecular weight is 276 g/mol. The molecule has 1 aromatic rings. The second-order valence-corrected chi connectivity index (χ2v) is 5.31. The highest BCUT2D eigenvalue weighted by Gasteiger charge is 2.33. The van der Waals surface area contributed by atoms with Gasteiger partial charge in [0.05, 0.1) is 0 Å². The van der Waals surface area contributed by atoms with E-state index < -0.39 is 5.54 Å². The first-order valence-electron chi connectivity index (χ1n) is 6.04. The van der Waals surface area contributed by atoms with Crippen LogP contribution in [0.25, 0.3) is 0 Å². The predicted molar refractivity (Wildman–Crippen MR) is 83.4 cm³/mol. The number of nitrogens with one attached hydrogen (secondary N) is 1. The standard InChI is InChI=1S/C15H20N2OS/c1-11(2)15(3,14(19)17(4)5)16-13(18)12-9-7-6-8-10-12/h6-10H,1H2,2-5H3,(H,16,18). The van der Waals surface area contributed by atoms with Crippen LogP contribution < -0.4 is 5.32 Å². The maximum atomic E-state index is 12.3. The fraction of sp³-hybridized carbons (Fsp3) is 0.333. The third-order valence-electron chi connectivity index (χ3n) is 3.09. The topological polar surface area (TPSA) is 32.3 Å². The molecular formula is C15H20N2OS. The van der Waals surface area contributed by atoms with Crippen LogP contribution in [0.15, 0.2) is 42.5 Å². The van der Waals surface area contributed by atoms with Gasteiger partial charge >= 0.3 is 0 Å². The van der Waals surface area contributed by atoms with Crippen LogP contribution in [0.5, 0.6) is 0 Å². The second kappa shape index (κ2) is 5.97. The summed E-state index contributed by atoms with van der Waals surface area (Å²) in [5.41, 5.74) is 0.679. The number of likely N-dealkylation sites (N-methyl/N-ethyl adjacent to an activating group) is 1. The van der Waals surface area contributed by atoms with E-state index in [1.807, 2.05) is 51.0 Å². The Morgan fingerprint density at radius 2 is 1.84 bits per heavy atom. The SMILES string of the molecule is C=C(C)C(C)(NC(=O)c1ccccc1)C(=S)N(C)C. The minimum absolute atomic E-state index is 0.157. The van der Waals surface area contributed by atoms with Crippen LogP contribution in [0.2, 0.25) is 0 Å². The van der Waals surface area contributed by atoms with Gasteiger partial charge in [-0.05, 0) is 31.6 Å². The lowest BCUT2D eigenvalue weighted by molar-refractivity contribution is 0.0934. The van der Waals surface area contributed by atoms with Crippen LogP contribution in [0.4, 0.5) is 0 Å². The predicted octanol–water partition coefficient (Wildman–Crippen LogP) is 2.64. The van der Waals surface area contributed by atoms with E-state index in [1.165, 1.54) is 0 Å². The van der Waals surface area contributed by atoms with Gasteiger partial charge in [0.2, 0.25) is 0 Å². The first-order chi connectivity index (χ1) is 8.79. The molecule has 1 unspecified atom stereocenters. The van der Waals surface area contributed by atoms with Gasteiger partial charge in [-0.15, -0.1) is 0 Å². The number of hydrogen-bond acceptors (Lipinski definition) is 2. The molecule has 1 amide bonds. The third-order valence-corrected chi connectivity index (χ3v) is 3.86. The molecule has 0 aliphatic carbocycles. The van der Waals surface area contributed by atoms with Crippen molar-refractivity contribution in [3.05, 3.63) is 48.0 Å². The van der Waals surface area contributed by atoms with Crippen molar-refractivity contribution in [3.63, 3.8) is 0 Å². The first-order valence-corrected chi connectivity index (χ1v) is 6.45. The van der Waals surface area contributed by atoms with E-state index in [0.29, 0.717) is 10.6 Å². The third kappa shape index (κ3) is 3.41. The molecule has 0 aromatic heterocycles. The summed E-state index contributed by atoms with van der Waals surface area (Å²) in [7, 11) is 3.72. The maximum Gasteiger partial charge on any atom is 0.252 e. The molecule has 4 heteroatoms. The molecule has 3 nitrogen and oxygen atoms in total. The van der Waals surface area contributed by atoms with Crippen molar-refractivity contribution in [2.24, 2.45) is 0 Å². The summed E-state index contributed by atoms with van der Waals surface area (Å²) in [6, 6.07) is 9.08. The molecule has 0 saturated carbocycles. The highest BCUT2D eigenvalue weighted by atomic mass is 32.1. The lowest BCUT2D eigenvalue weighted by Gasteiger charge is -2.35. The van der Waals surface area contributed by atoms with Gasteiger partial charge in [-0.1, -0.05) is 37.0 Å². The van der Waals surface area contributed by atoms with Crippen molar-refractivity contribution >= 4 is 23.1 Å². The van der Waals surface area contributed by atoms with Crippen LogP contribution >= 0.6 is 12.2 Å². The van der Waals surface area contributed by atoms with Crippen LogP contribution in [-0.4, -0.2) is 35.4 Å². The van der Waals surface area contributed by atoms with Gasteiger partial charge in [0.25, 0.3) is 5.91 Å². The molecule has 1 N–H and O–H groups in total. The minimum Gasteiger partial charge on any atom is -0.370 e. The van der Waals surface area contributed by atoms with Crippen molar-refractivity contribution in [1.29, 1.82) is 0 Å². The number of carbonyl (C=O) groups excluding carboxylic acids is 1. The summed E-state index contributed by atoms with van der Waals surface area (Å²) in [5, 5.41) is 2.97. The average Bonchev–Trinajstić information content (AvgIpc) is 2.38. The normalized spacial score (nSPS) is 13.3. The molecule has 0 aliphatic rings. The van der Waals surface area contributed by atoms with E-state index in [-0.39, 0.29) is 5.91 Å². The van der Waals surface area contributed by atoms with E-state index in [1.54, 1.807) is 12.1 Å². The Morgan fingerprint density at radius 1 is 1.32 bits per heavy atom. The van der Waals surface area contributed by atoms with Gasteiger partial charge < -0.3 is 10.2 Å². The fourth-order valence-electron chi connectivity index (χ4n) is 1.68. The molecule has 19 heavy (non-hydrogen) atoms. The number of rotatable bonds is 4. The lowest BCUT2D eigenvalue weighted by Crippen LogP contribution is -2.56. The smallest absolute Gasteiger partial charge is 0.252 e. The van der Waals surface area contributed by atoms with Crippen molar-refractivity contribution < 1.29 is 4.79 Å². The molecule has 1 atom stereocenters. The van der Waals surface area contributed by atoms with E-state index >= 15 is 0 Å². The molecule has 102 valence electrons. The van der Waals surface area contributed by atoms with Crippen molar-refractivity contribution in [3.8, 4) is 0 Å². The number of benzene rings is 1. The zero-order valence-corrected chi connectivity index (χ0v) is 12.7. The summed E-state index contributed by atoms with van der Waals surface area (Å²) >= 11 is 5.41. The van der Waals surface area contributed by atoms with Gasteiger partial charge in [0.1, 0.15) is 10.5 Å². The zero-order chi connectivity index (χ0) is 14.6. The molecule has 0 spiro atoms. The molecule has 1 aromatic carbocycles. The summed E-state index contributed by atoms with van der Waals surface area (Å²) in [6.45, 7) is 7.68. The Labute approximate surface area is 120 Å². The fourth-order valence-corrected chi connectivity index (χ4v) is 1.90. The summed E-state index contributed by atoms with van der Waals surface area (Å²) in [5.74, 6) is -0.157. The largest absolute Gasteiger partial charge is 0.370 e. The van der Waals surface area contributed by atoms with Crippen molar-refractivity contribution in [2.75, 3.05) is 14.1 Å². The van der Waals surface area contributed by atoms with Gasteiger partial charge in [-0.25, -0.2) is 0 Å². The Kier molecular flexibility index (Phi) is 4.84. The monoisotopic (exact) mass is 276 g/mol. The molecule has 0 fully saturated rings. The van der Waals surface area contributed by atoms with Crippen LogP contribution in [0.3, 0.4) is 0 Å². The number of hydrogen-bond donors (Lipinski definition) is 1. The Bertz CT molecular complexity index is 496. The van der Waals surface area contributed by atoms with Gasteiger partial charge in [0.15, 0.2) is 0 Å². The number of amides is 1. The minimum atomic E-state index is -0.730. The Morgan fingerprint density at radius 3 is 2.26 bits per heavy atom. The maximum absolute atomic E-state index is 12.3. The van der Waals surface area contributed by atoms with Crippen LogP contribution in [-0.2, 0) is 0 Å². The first kappa shape index (κ1) is 15.4. The highest BCUT2D eigenvalue weighted by molar-refractivity contribution is 7.80. The molecular weight excluding hydrogens is 256 g/mol. The highest BCUT2D eigenvalue weighted by Crippen LogP contribution is 2.19. The molecule has 0 bridgehead atoms. The summed E-state index contributed by atoms with van der Waals surface area (Å²) in [6.07, 6.45) is 0. The Balaban J connectivity index is 3.01. The Hall–Kier alpha value is -1.68. The van der Waals surface area contributed by atoms with Gasteiger partial charge in [-0.3, -0.25) is 4.79 Å². The van der Waals surface area contributed by atoms with E-state index in [2.05, 4.69) is 11.9 Å². The summed E-state index contributed by atoms with van der Waals surface area (Å²) in [4.78, 5) is 14.7. The van der Waals surface area contributed by atoms with Gasteiger partial charge in [0, 0.05) is 19.7 Å². The van der Waals surface area contributed by atoms with Crippen molar-refractivity contribution in [1.82, 2.24) is 10.2 Å². The quantitative estimate of drug-likeness (QED) is 0.678. The van der Waals surface area contributed by atoms with Crippen LogP contribution in [0, 0.1) is 0 Å². The second-order valence-electron chi connectivity index (χ2n) is 4.93. The van der Waals surface area contributed by atoms with E-state index in [9.17, 15) is 4.79 Å².